The fourth-order valence-electron chi connectivity index (χ4n) is 1.96. The maximum atomic E-state index is 13.1. The summed E-state index contributed by atoms with van der Waals surface area (Å²) in [5.74, 6) is 0. The number of hydrogen-bond donors (Lipinski definition) is 1. The summed E-state index contributed by atoms with van der Waals surface area (Å²) in [6.45, 7) is 0.227. The van der Waals surface area contributed by atoms with E-state index in [0.717, 1.165) is 28.7 Å². The van der Waals surface area contributed by atoms with Crippen LogP contribution in [0.25, 0.3) is 10.6 Å². The maximum absolute atomic E-state index is 13.1. The monoisotopic (exact) mass is 376 g/mol. The lowest BCUT2D eigenvalue weighted by Crippen LogP contribution is -2.18. The van der Waals surface area contributed by atoms with Gasteiger partial charge in [0.05, 0.1) is 4.88 Å². The normalized spacial score (nSPS) is 15.4. The first kappa shape index (κ1) is 15.0. The molecule has 2 nitrogen and oxygen atoms in total. The zero-order valence-corrected chi connectivity index (χ0v) is 13.3. The standard InChI is InChI=1S/C14H12BrF3N2S/c15-9-3-1-2-8(6-9)13-20-12(14(16,17)18)11(21-13)7-19-10-4-5-10/h1-3,6,10,19H,4-5,7H2. The van der Waals surface area contributed by atoms with Crippen molar-refractivity contribution in [2.45, 2.75) is 31.6 Å². The molecule has 1 aliphatic carbocycles. The van der Waals surface area contributed by atoms with Gasteiger partial charge in [-0.25, -0.2) is 4.98 Å². The number of benzene rings is 1. The van der Waals surface area contributed by atoms with E-state index in [-0.39, 0.29) is 11.4 Å². The molecule has 0 radical (unpaired) electrons. The van der Waals surface area contributed by atoms with Gasteiger partial charge in [-0.15, -0.1) is 11.3 Å². The fraction of sp³-hybridized carbons (Fsp3) is 0.357. The Labute approximate surface area is 132 Å². The lowest BCUT2D eigenvalue weighted by molar-refractivity contribution is -0.141. The van der Waals surface area contributed by atoms with Gasteiger partial charge < -0.3 is 5.32 Å². The van der Waals surface area contributed by atoms with Crippen LogP contribution in [0.2, 0.25) is 0 Å². The molecule has 0 atom stereocenters. The van der Waals surface area contributed by atoms with E-state index in [9.17, 15) is 13.2 Å². The second-order valence-corrected chi connectivity index (χ2v) is 6.95. The summed E-state index contributed by atoms with van der Waals surface area (Å²) in [5, 5.41) is 3.52. The van der Waals surface area contributed by atoms with Crippen molar-refractivity contribution in [3.63, 3.8) is 0 Å². The first-order chi connectivity index (χ1) is 9.93. The van der Waals surface area contributed by atoms with E-state index in [4.69, 9.17) is 0 Å². The summed E-state index contributed by atoms with van der Waals surface area (Å²) < 4.78 is 40.1. The average molecular weight is 377 g/mol. The van der Waals surface area contributed by atoms with Gasteiger partial charge in [0.15, 0.2) is 5.69 Å². The molecule has 0 unspecified atom stereocenters. The Morgan fingerprint density at radius 3 is 2.71 bits per heavy atom. The van der Waals surface area contributed by atoms with Gasteiger partial charge in [0.1, 0.15) is 5.01 Å². The van der Waals surface area contributed by atoms with Crippen LogP contribution in [0.4, 0.5) is 13.2 Å². The summed E-state index contributed by atoms with van der Waals surface area (Å²) in [6, 6.07) is 7.52. The van der Waals surface area contributed by atoms with E-state index in [1.165, 1.54) is 0 Å². The number of hydrogen-bond acceptors (Lipinski definition) is 3. The molecule has 1 aliphatic rings. The second kappa shape index (κ2) is 5.70. The zero-order chi connectivity index (χ0) is 15.0. The molecule has 1 saturated carbocycles. The van der Waals surface area contributed by atoms with Crippen molar-refractivity contribution in [3.8, 4) is 10.6 Å². The Balaban J connectivity index is 1.94. The van der Waals surface area contributed by atoms with Gasteiger partial charge >= 0.3 is 6.18 Å². The molecular weight excluding hydrogens is 365 g/mol. The minimum atomic E-state index is -4.42. The van der Waals surface area contributed by atoms with Crippen LogP contribution in [0.15, 0.2) is 28.7 Å². The summed E-state index contributed by atoms with van der Waals surface area (Å²) in [6.07, 6.45) is -2.33. The minimum Gasteiger partial charge on any atom is -0.309 e. The largest absolute Gasteiger partial charge is 0.434 e. The fourth-order valence-corrected chi connectivity index (χ4v) is 3.39. The van der Waals surface area contributed by atoms with Crippen molar-refractivity contribution in [3.05, 3.63) is 39.3 Å². The SMILES string of the molecule is FC(F)(F)c1nc(-c2cccc(Br)c2)sc1CNC1CC1. The second-order valence-electron chi connectivity index (χ2n) is 4.95. The smallest absolute Gasteiger partial charge is 0.309 e. The van der Waals surface area contributed by atoms with Crippen LogP contribution >= 0.6 is 27.3 Å². The summed E-state index contributed by atoms with van der Waals surface area (Å²) in [5.41, 5.74) is -0.0758. The summed E-state index contributed by atoms with van der Waals surface area (Å²) >= 11 is 4.43. The average Bonchev–Trinajstić information content (AvgIpc) is 3.13. The predicted molar refractivity (Wildman–Crippen MR) is 80.1 cm³/mol. The molecule has 7 heteroatoms. The Hall–Kier alpha value is -0.920. The van der Waals surface area contributed by atoms with Crippen molar-refractivity contribution in [1.82, 2.24) is 10.3 Å². The first-order valence-electron chi connectivity index (χ1n) is 6.50. The molecule has 0 aliphatic heterocycles. The molecule has 1 heterocycles. The lowest BCUT2D eigenvalue weighted by atomic mass is 10.2. The summed E-state index contributed by atoms with van der Waals surface area (Å²) in [4.78, 5) is 4.08. The van der Waals surface area contributed by atoms with Crippen LogP contribution in [0.5, 0.6) is 0 Å². The van der Waals surface area contributed by atoms with Crippen molar-refractivity contribution >= 4 is 27.3 Å². The van der Waals surface area contributed by atoms with E-state index < -0.39 is 11.9 Å². The lowest BCUT2D eigenvalue weighted by Gasteiger charge is -2.06. The van der Waals surface area contributed by atoms with Gasteiger partial charge in [0.25, 0.3) is 0 Å². The third-order valence-corrected chi connectivity index (χ3v) is 4.76. The van der Waals surface area contributed by atoms with Gasteiger partial charge in [-0.1, -0.05) is 28.1 Å². The number of halogens is 4. The number of alkyl halides is 3. The quantitative estimate of drug-likeness (QED) is 0.825. The van der Waals surface area contributed by atoms with Gasteiger partial charge in [0, 0.05) is 22.6 Å². The third-order valence-electron chi connectivity index (χ3n) is 3.17. The molecule has 0 amide bonds. The Kier molecular flexibility index (Phi) is 4.07. The first-order valence-corrected chi connectivity index (χ1v) is 8.10. The van der Waals surface area contributed by atoms with Gasteiger partial charge in [0.2, 0.25) is 0 Å². The van der Waals surface area contributed by atoms with E-state index in [0.29, 0.717) is 16.6 Å². The molecule has 0 saturated heterocycles. The molecule has 1 aromatic heterocycles. The van der Waals surface area contributed by atoms with Gasteiger partial charge in [-0.3, -0.25) is 0 Å². The molecule has 0 bridgehead atoms. The highest BCUT2D eigenvalue weighted by Crippen LogP contribution is 2.38. The molecule has 21 heavy (non-hydrogen) atoms. The molecule has 1 N–H and O–H groups in total. The number of nitrogens with zero attached hydrogens (tertiary/aromatic N) is 1. The van der Waals surface area contributed by atoms with E-state index in [1.54, 1.807) is 18.2 Å². The number of aromatic nitrogens is 1. The van der Waals surface area contributed by atoms with Crippen LogP contribution < -0.4 is 5.32 Å². The van der Waals surface area contributed by atoms with Crippen LogP contribution in [-0.2, 0) is 12.7 Å². The zero-order valence-electron chi connectivity index (χ0n) is 10.9. The number of nitrogens with one attached hydrogen (secondary N) is 1. The highest BCUT2D eigenvalue weighted by molar-refractivity contribution is 9.10. The highest BCUT2D eigenvalue weighted by atomic mass is 79.9. The topological polar surface area (TPSA) is 24.9 Å². The highest BCUT2D eigenvalue weighted by Gasteiger charge is 2.37. The van der Waals surface area contributed by atoms with E-state index in [1.807, 2.05) is 6.07 Å². The van der Waals surface area contributed by atoms with Crippen LogP contribution in [0.1, 0.15) is 23.4 Å². The number of thiazole rings is 1. The van der Waals surface area contributed by atoms with Crippen molar-refractivity contribution in [2.75, 3.05) is 0 Å². The van der Waals surface area contributed by atoms with Crippen molar-refractivity contribution in [2.24, 2.45) is 0 Å². The minimum absolute atomic E-state index is 0.227. The Bertz CT molecular complexity index is 650. The van der Waals surface area contributed by atoms with Crippen LogP contribution in [0.3, 0.4) is 0 Å². The molecule has 0 spiro atoms. The maximum Gasteiger partial charge on any atom is 0.434 e. The van der Waals surface area contributed by atoms with Crippen LogP contribution in [-0.4, -0.2) is 11.0 Å². The molecular formula is C14H12BrF3N2S. The van der Waals surface area contributed by atoms with E-state index >= 15 is 0 Å². The molecule has 1 aromatic carbocycles. The number of rotatable bonds is 4. The predicted octanol–water partition coefficient (Wildman–Crippen LogP) is 4.84. The van der Waals surface area contributed by atoms with Gasteiger partial charge in [-0.05, 0) is 25.0 Å². The van der Waals surface area contributed by atoms with Crippen LogP contribution in [0, 0.1) is 0 Å². The molecule has 1 fully saturated rings. The molecule has 112 valence electrons. The Morgan fingerprint density at radius 2 is 2.10 bits per heavy atom. The van der Waals surface area contributed by atoms with Crippen molar-refractivity contribution < 1.29 is 13.2 Å². The third kappa shape index (κ3) is 3.64. The summed E-state index contributed by atoms with van der Waals surface area (Å²) in [7, 11) is 0. The Morgan fingerprint density at radius 1 is 1.33 bits per heavy atom. The van der Waals surface area contributed by atoms with Gasteiger partial charge in [-0.2, -0.15) is 13.2 Å². The van der Waals surface area contributed by atoms with E-state index in [2.05, 4.69) is 26.2 Å². The molecule has 2 aromatic rings. The molecule has 3 rings (SSSR count). The van der Waals surface area contributed by atoms with Crippen molar-refractivity contribution in [1.29, 1.82) is 0 Å².